The van der Waals surface area contributed by atoms with Crippen LogP contribution >= 0.6 is 0 Å². The van der Waals surface area contributed by atoms with Crippen molar-refractivity contribution >= 4 is 11.4 Å². The molecule has 0 atom stereocenters. The molecule has 0 spiro atoms. The Morgan fingerprint density at radius 2 is 2.35 bits per heavy atom. The summed E-state index contributed by atoms with van der Waals surface area (Å²) in [4.78, 5) is 14.5. The van der Waals surface area contributed by atoms with Crippen LogP contribution in [0.2, 0.25) is 0 Å². The number of nitro benzene ring substituents is 1. The second-order valence-electron chi connectivity index (χ2n) is 4.10. The number of methoxy groups -OCH3 is 1. The van der Waals surface area contributed by atoms with Crippen LogP contribution in [-0.4, -0.2) is 33.8 Å². The molecule has 0 aliphatic rings. The quantitative estimate of drug-likeness (QED) is 0.454. The lowest BCUT2D eigenvalue weighted by Crippen LogP contribution is -2.06. The lowest BCUT2D eigenvalue weighted by atomic mass is 10.2. The van der Waals surface area contributed by atoms with Crippen molar-refractivity contribution in [3.05, 3.63) is 40.5 Å². The van der Waals surface area contributed by atoms with Gasteiger partial charge in [0, 0.05) is 25.1 Å². The third-order valence-electron chi connectivity index (χ3n) is 2.77. The average molecular weight is 277 g/mol. The average Bonchev–Trinajstić information content (AvgIpc) is 2.96. The molecule has 0 saturated heterocycles. The molecule has 0 bridgehead atoms. The Morgan fingerprint density at radius 3 is 3.00 bits per heavy atom. The number of hydrogen-bond donors (Lipinski definition) is 2. The molecular weight excluding hydrogens is 262 g/mol. The van der Waals surface area contributed by atoms with E-state index >= 15 is 0 Å². The van der Waals surface area contributed by atoms with Crippen LogP contribution in [0, 0.1) is 10.1 Å². The van der Waals surface area contributed by atoms with Gasteiger partial charge in [-0.2, -0.15) is 5.10 Å². The van der Waals surface area contributed by atoms with Crippen molar-refractivity contribution in [2.45, 2.75) is 12.8 Å². The number of hydrogen-bond acceptors (Lipinski definition) is 6. The van der Waals surface area contributed by atoms with Crippen molar-refractivity contribution < 1.29 is 9.66 Å². The molecule has 8 heteroatoms. The fraction of sp³-hybridized carbons (Fsp3) is 0.333. The van der Waals surface area contributed by atoms with E-state index in [2.05, 4.69) is 20.5 Å². The summed E-state index contributed by atoms with van der Waals surface area (Å²) in [5.74, 6) is 1.38. The summed E-state index contributed by atoms with van der Waals surface area (Å²) in [6, 6.07) is 4.61. The van der Waals surface area contributed by atoms with Crippen LogP contribution in [0.3, 0.4) is 0 Å². The number of rotatable bonds is 7. The monoisotopic (exact) mass is 277 g/mol. The standard InChI is InChI=1S/C12H15N5O3/c1-20-9-4-5-11(17(18)19)10(7-9)13-6-2-3-12-14-8-15-16-12/h4-5,7-8,13H,2-3,6H2,1H3,(H,14,15,16). The van der Waals surface area contributed by atoms with Crippen molar-refractivity contribution in [3.63, 3.8) is 0 Å². The van der Waals surface area contributed by atoms with E-state index in [-0.39, 0.29) is 5.69 Å². The first-order valence-corrected chi connectivity index (χ1v) is 6.11. The minimum Gasteiger partial charge on any atom is -0.497 e. The zero-order valence-electron chi connectivity index (χ0n) is 11.0. The number of nitrogens with zero attached hydrogens (tertiary/aromatic N) is 3. The molecule has 0 aliphatic heterocycles. The fourth-order valence-corrected chi connectivity index (χ4v) is 1.77. The molecular formula is C12H15N5O3. The van der Waals surface area contributed by atoms with Crippen molar-refractivity contribution in [1.29, 1.82) is 0 Å². The van der Waals surface area contributed by atoms with Crippen LogP contribution in [0.25, 0.3) is 0 Å². The summed E-state index contributed by atoms with van der Waals surface area (Å²) < 4.78 is 5.07. The van der Waals surface area contributed by atoms with Crippen molar-refractivity contribution in [2.24, 2.45) is 0 Å². The zero-order chi connectivity index (χ0) is 14.4. The molecule has 0 amide bonds. The minimum absolute atomic E-state index is 0.0328. The van der Waals surface area contributed by atoms with E-state index in [4.69, 9.17) is 4.74 Å². The van der Waals surface area contributed by atoms with Gasteiger partial charge in [0.2, 0.25) is 0 Å². The Balaban J connectivity index is 1.95. The first-order valence-electron chi connectivity index (χ1n) is 6.11. The number of aryl methyl sites for hydroxylation is 1. The molecule has 1 aromatic carbocycles. The van der Waals surface area contributed by atoms with Crippen LogP contribution in [0.15, 0.2) is 24.5 Å². The molecule has 2 N–H and O–H groups in total. The molecule has 0 unspecified atom stereocenters. The van der Waals surface area contributed by atoms with Gasteiger partial charge in [0.1, 0.15) is 23.6 Å². The summed E-state index contributed by atoms with van der Waals surface area (Å²) in [6.07, 6.45) is 2.96. The molecule has 8 nitrogen and oxygen atoms in total. The van der Waals surface area contributed by atoms with Gasteiger partial charge in [-0.05, 0) is 12.5 Å². The van der Waals surface area contributed by atoms with E-state index in [1.165, 1.54) is 19.5 Å². The Morgan fingerprint density at radius 1 is 1.50 bits per heavy atom. The van der Waals surface area contributed by atoms with Gasteiger partial charge in [-0.1, -0.05) is 0 Å². The lowest BCUT2D eigenvalue weighted by Gasteiger charge is -2.08. The van der Waals surface area contributed by atoms with E-state index in [0.29, 0.717) is 18.0 Å². The summed E-state index contributed by atoms with van der Waals surface area (Å²) in [7, 11) is 1.52. The maximum Gasteiger partial charge on any atom is 0.292 e. The zero-order valence-corrected chi connectivity index (χ0v) is 11.0. The first kappa shape index (κ1) is 13.8. The van der Waals surface area contributed by atoms with Gasteiger partial charge in [0.15, 0.2) is 0 Å². The van der Waals surface area contributed by atoms with Crippen LogP contribution in [0.1, 0.15) is 12.2 Å². The number of H-pyrrole nitrogens is 1. The molecule has 0 radical (unpaired) electrons. The number of nitrogens with one attached hydrogen (secondary N) is 2. The summed E-state index contributed by atoms with van der Waals surface area (Å²) >= 11 is 0. The topological polar surface area (TPSA) is 106 Å². The highest BCUT2D eigenvalue weighted by molar-refractivity contribution is 5.64. The van der Waals surface area contributed by atoms with Crippen LogP contribution < -0.4 is 10.1 Å². The molecule has 20 heavy (non-hydrogen) atoms. The van der Waals surface area contributed by atoms with E-state index in [9.17, 15) is 10.1 Å². The second-order valence-corrected chi connectivity index (χ2v) is 4.10. The second kappa shape index (κ2) is 6.50. The van der Waals surface area contributed by atoms with E-state index in [0.717, 1.165) is 18.7 Å². The SMILES string of the molecule is COc1ccc([N+](=O)[O-])c(NCCCc2ncn[nH]2)c1. The van der Waals surface area contributed by atoms with Gasteiger partial charge in [-0.25, -0.2) is 4.98 Å². The Kier molecular flexibility index (Phi) is 4.48. The molecule has 0 saturated carbocycles. The normalized spacial score (nSPS) is 10.2. The Hall–Kier alpha value is -2.64. The highest BCUT2D eigenvalue weighted by atomic mass is 16.6. The van der Waals surface area contributed by atoms with Crippen LogP contribution in [0.5, 0.6) is 5.75 Å². The molecule has 1 aromatic heterocycles. The highest BCUT2D eigenvalue weighted by Gasteiger charge is 2.14. The van der Waals surface area contributed by atoms with Gasteiger partial charge in [0.05, 0.1) is 12.0 Å². The number of anilines is 1. The molecule has 106 valence electrons. The number of nitro groups is 1. The third-order valence-corrected chi connectivity index (χ3v) is 2.77. The van der Waals surface area contributed by atoms with E-state index < -0.39 is 4.92 Å². The summed E-state index contributed by atoms with van der Waals surface area (Å²) in [6.45, 7) is 0.592. The van der Waals surface area contributed by atoms with Crippen molar-refractivity contribution in [3.8, 4) is 5.75 Å². The predicted molar refractivity (Wildman–Crippen MR) is 72.8 cm³/mol. The number of ether oxygens (including phenoxy) is 1. The lowest BCUT2D eigenvalue weighted by molar-refractivity contribution is -0.384. The number of benzene rings is 1. The van der Waals surface area contributed by atoms with E-state index in [1.54, 1.807) is 12.1 Å². The fourth-order valence-electron chi connectivity index (χ4n) is 1.77. The minimum atomic E-state index is -0.418. The maximum absolute atomic E-state index is 10.9. The van der Waals surface area contributed by atoms with Gasteiger partial charge in [-0.15, -0.1) is 0 Å². The Bertz CT molecular complexity index is 570. The summed E-state index contributed by atoms with van der Waals surface area (Å²) in [5, 5.41) is 20.5. The van der Waals surface area contributed by atoms with Crippen LogP contribution in [0.4, 0.5) is 11.4 Å². The molecule has 0 fully saturated rings. The molecule has 1 heterocycles. The van der Waals surface area contributed by atoms with Gasteiger partial charge in [-0.3, -0.25) is 15.2 Å². The summed E-state index contributed by atoms with van der Waals surface area (Å²) in [5.41, 5.74) is 0.484. The van der Waals surface area contributed by atoms with Gasteiger partial charge in [0.25, 0.3) is 5.69 Å². The van der Waals surface area contributed by atoms with Gasteiger partial charge < -0.3 is 10.1 Å². The van der Waals surface area contributed by atoms with Gasteiger partial charge >= 0.3 is 0 Å². The third kappa shape index (κ3) is 3.44. The van der Waals surface area contributed by atoms with E-state index in [1.807, 2.05) is 0 Å². The number of aromatic nitrogens is 3. The number of aromatic amines is 1. The highest BCUT2D eigenvalue weighted by Crippen LogP contribution is 2.28. The largest absolute Gasteiger partial charge is 0.497 e. The maximum atomic E-state index is 10.9. The Labute approximate surface area is 115 Å². The first-order chi connectivity index (χ1) is 9.70. The molecule has 2 aromatic rings. The molecule has 0 aliphatic carbocycles. The predicted octanol–water partition coefficient (Wildman–Crippen LogP) is 1.77. The van der Waals surface area contributed by atoms with Crippen molar-refractivity contribution in [2.75, 3.05) is 19.0 Å². The van der Waals surface area contributed by atoms with Crippen molar-refractivity contribution in [1.82, 2.24) is 15.2 Å². The molecule has 2 rings (SSSR count). The smallest absolute Gasteiger partial charge is 0.292 e. The van der Waals surface area contributed by atoms with Crippen LogP contribution in [-0.2, 0) is 6.42 Å².